The molecule has 0 N–H and O–H groups in total. The summed E-state index contributed by atoms with van der Waals surface area (Å²) in [7, 11) is 0. The predicted molar refractivity (Wildman–Crippen MR) is 105 cm³/mol. The van der Waals surface area contributed by atoms with Crippen molar-refractivity contribution in [3.8, 4) is 0 Å². The summed E-state index contributed by atoms with van der Waals surface area (Å²) in [5, 5.41) is 9.34. The van der Waals surface area contributed by atoms with Crippen molar-refractivity contribution in [3.63, 3.8) is 0 Å². The van der Waals surface area contributed by atoms with Gasteiger partial charge in [0.1, 0.15) is 5.03 Å². The van der Waals surface area contributed by atoms with Crippen LogP contribution in [0.3, 0.4) is 0 Å². The topological polar surface area (TPSA) is 17.8 Å². The third-order valence-corrected chi connectivity index (χ3v) is 6.04. The van der Waals surface area contributed by atoms with Crippen LogP contribution in [0.25, 0.3) is 0 Å². The van der Waals surface area contributed by atoms with Crippen LogP contribution in [-0.4, -0.2) is 9.78 Å². The first kappa shape index (κ1) is 17.9. The van der Waals surface area contributed by atoms with Gasteiger partial charge in [-0.15, -0.1) is 11.3 Å². The van der Waals surface area contributed by atoms with Gasteiger partial charge in [0.2, 0.25) is 0 Å². The molecule has 24 heavy (non-hydrogen) atoms. The second-order valence-corrected chi connectivity index (χ2v) is 8.84. The van der Waals surface area contributed by atoms with Crippen LogP contribution in [-0.2, 0) is 6.42 Å². The summed E-state index contributed by atoms with van der Waals surface area (Å²) in [6.45, 7) is 6.38. The Morgan fingerprint density at radius 3 is 2.50 bits per heavy atom. The summed E-state index contributed by atoms with van der Waals surface area (Å²) in [5.41, 5.74) is 2.35. The third kappa shape index (κ3) is 3.99. The van der Waals surface area contributed by atoms with Gasteiger partial charge in [-0.1, -0.05) is 41.0 Å². The monoisotopic (exact) mass is 396 g/mol. The van der Waals surface area contributed by atoms with Gasteiger partial charge in [0.25, 0.3) is 0 Å². The molecule has 126 valence electrons. The molecule has 2 nitrogen and oxygen atoms in total. The summed E-state index contributed by atoms with van der Waals surface area (Å²) in [6, 6.07) is 10.2. The van der Waals surface area contributed by atoms with E-state index in [2.05, 4.69) is 43.0 Å². The molecule has 0 saturated carbocycles. The number of benzene rings is 1. The number of halogens is 2. The van der Waals surface area contributed by atoms with Gasteiger partial charge in [-0.05, 0) is 50.4 Å². The van der Waals surface area contributed by atoms with Gasteiger partial charge in [-0.3, -0.25) is 4.68 Å². The smallest absolute Gasteiger partial charge is 0.103 e. The first-order valence-corrected chi connectivity index (χ1v) is 10.1. The highest BCUT2D eigenvalue weighted by atomic mass is 35.5. The minimum Gasteiger partial charge on any atom is -0.256 e. The van der Waals surface area contributed by atoms with Crippen molar-refractivity contribution in [2.24, 2.45) is 0 Å². The average molecular weight is 397 g/mol. The zero-order valence-electron chi connectivity index (χ0n) is 13.7. The lowest BCUT2D eigenvalue weighted by molar-refractivity contribution is 0.489. The lowest BCUT2D eigenvalue weighted by atomic mass is 10.2. The van der Waals surface area contributed by atoms with E-state index in [1.54, 1.807) is 29.2 Å². The van der Waals surface area contributed by atoms with E-state index < -0.39 is 0 Å². The summed E-state index contributed by atoms with van der Waals surface area (Å²) in [5.74, 6) is 0. The standard InChI is InChI=1S/C18H18Cl2N2S2/c1-11(2)22-18(24-16-8-13(19)7-14(20)9-16)17(12(3)21-22)10-15-5-4-6-23-15/h4-9,11H,10H2,1-3H3. The van der Waals surface area contributed by atoms with Crippen molar-refractivity contribution in [2.75, 3.05) is 0 Å². The number of hydrogen-bond donors (Lipinski definition) is 0. The molecule has 3 rings (SSSR count). The van der Waals surface area contributed by atoms with Crippen LogP contribution in [0.15, 0.2) is 45.6 Å². The molecule has 6 heteroatoms. The molecule has 3 aromatic rings. The fourth-order valence-corrected chi connectivity index (χ4v) is 5.16. The van der Waals surface area contributed by atoms with Gasteiger partial charge in [0.15, 0.2) is 0 Å². The maximum absolute atomic E-state index is 6.16. The number of thiophene rings is 1. The van der Waals surface area contributed by atoms with Gasteiger partial charge in [-0.25, -0.2) is 0 Å². The molecule has 0 saturated heterocycles. The Hall–Kier alpha value is -0.940. The summed E-state index contributed by atoms with van der Waals surface area (Å²) >= 11 is 15.8. The fourth-order valence-electron chi connectivity index (χ4n) is 2.51. The summed E-state index contributed by atoms with van der Waals surface area (Å²) < 4.78 is 2.09. The molecule has 2 aromatic heterocycles. The average Bonchev–Trinajstić information content (AvgIpc) is 3.09. The van der Waals surface area contributed by atoms with Crippen LogP contribution in [0, 0.1) is 6.92 Å². The Morgan fingerprint density at radius 2 is 1.92 bits per heavy atom. The first-order valence-electron chi connectivity index (χ1n) is 7.68. The number of aryl methyl sites for hydroxylation is 1. The maximum atomic E-state index is 6.16. The number of hydrogen-bond acceptors (Lipinski definition) is 3. The SMILES string of the molecule is Cc1nn(C(C)C)c(Sc2cc(Cl)cc(Cl)c2)c1Cc1cccs1. The van der Waals surface area contributed by atoms with Crippen molar-refractivity contribution in [1.82, 2.24) is 9.78 Å². The van der Waals surface area contributed by atoms with Crippen molar-refractivity contribution < 1.29 is 0 Å². The normalized spacial score (nSPS) is 11.4. The Bertz CT molecular complexity index is 819. The van der Waals surface area contributed by atoms with Gasteiger partial charge in [-0.2, -0.15) is 5.10 Å². The van der Waals surface area contributed by atoms with Gasteiger partial charge >= 0.3 is 0 Å². The molecular formula is C18H18Cl2N2S2. The van der Waals surface area contributed by atoms with Crippen molar-refractivity contribution in [2.45, 2.75) is 43.2 Å². The highest BCUT2D eigenvalue weighted by Gasteiger charge is 2.19. The van der Waals surface area contributed by atoms with Gasteiger partial charge in [0.05, 0.1) is 5.69 Å². The molecule has 0 amide bonds. The second kappa shape index (κ2) is 7.52. The molecule has 0 radical (unpaired) electrons. The predicted octanol–water partition coefficient (Wildman–Crippen LogP) is 6.88. The Morgan fingerprint density at radius 1 is 1.21 bits per heavy atom. The Balaban J connectivity index is 2.03. The Labute approximate surface area is 160 Å². The number of nitrogens with zero attached hydrogens (tertiary/aromatic N) is 2. The molecule has 0 atom stereocenters. The van der Waals surface area contributed by atoms with E-state index in [1.165, 1.54) is 10.4 Å². The van der Waals surface area contributed by atoms with Crippen LogP contribution in [0.5, 0.6) is 0 Å². The fraction of sp³-hybridized carbons (Fsp3) is 0.278. The van der Waals surface area contributed by atoms with Crippen LogP contribution in [0.1, 0.15) is 36.0 Å². The van der Waals surface area contributed by atoms with Crippen molar-refractivity contribution >= 4 is 46.3 Å². The molecule has 0 aliphatic heterocycles. The van der Waals surface area contributed by atoms with Crippen LogP contribution in [0.2, 0.25) is 10.0 Å². The lowest BCUT2D eigenvalue weighted by Crippen LogP contribution is -2.04. The minimum absolute atomic E-state index is 0.290. The molecular weight excluding hydrogens is 379 g/mol. The van der Waals surface area contributed by atoms with E-state index in [-0.39, 0.29) is 6.04 Å². The summed E-state index contributed by atoms with van der Waals surface area (Å²) in [6.07, 6.45) is 0.896. The second-order valence-electron chi connectivity index (χ2n) is 5.87. The van der Waals surface area contributed by atoms with E-state index in [0.717, 1.165) is 22.0 Å². The molecule has 0 aliphatic rings. The molecule has 1 aromatic carbocycles. The number of aromatic nitrogens is 2. The zero-order valence-corrected chi connectivity index (χ0v) is 16.9. The first-order chi connectivity index (χ1) is 11.4. The van der Waals surface area contributed by atoms with Crippen molar-refractivity contribution in [3.05, 3.63) is 61.9 Å². The molecule has 0 bridgehead atoms. The van der Waals surface area contributed by atoms with Crippen molar-refractivity contribution in [1.29, 1.82) is 0 Å². The highest BCUT2D eigenvalue weighted by Crippen LogP contribution is 2.37. The van der Waals surface area contributed by atoms with Crippen LogP contribution in [0.4, 0.5) is 0 Å². The highest BCUT2D eigenvalue weighted by molar-refractivity contribution is 7.99. The van der Waals surface area contributed by atoms with Crippen LogP contribution >= 0.6 is 46.3 Å². The van der Waals surface area contributed by atoms with Gasteiger partial charge in [0, 0.05) is 37.8 Å². The summed E-state index contributed by atoms with van der Waals surface area (Å²) in [4.78, 5) is 2.37. The molecule has 0 fully saturated rings. The molecule has 0 spiro atoms. The quantitative estimate of drug-likeness (QED) is 0.467. The van der Waals surface area contributed by atoms with Gasteiger partial charge < -0.3 is 0 Å². The number of rotatable bonds is 5. The van der Waals surface area contributed by atoms with E-state index in [4.69, 9.17) is 28.3 Å². The van der Waals surface area contributed by atoms with Crippen LogP contribution < -0.4 is 0 Å². The molecule has 0 aliphatic carbocycles. The van der Waals surface area contributed by atoms with E-state index in [0.29, 0.717) is 10.0 Å². The van der Waals surface area contributed by atoms with E-state index in [9.17, 15) is 0 Å². The zero-order chi connectivity index (χ0) is 17.3. The largest absolute Gasteiger partial charge is 0.256 e. The minimum atomic E-state index is 0.290. The lowest BCUT2D eigenvalue weighted by Gasteiger charge is -2.12. The molecule has 2 heterocycles. The molecule has 0 unspecified atom stereocenters. The van der Waals surface area contributed by atoms with E-state index in [1.807, 2.05) is 12.1 Å². The third-order valence-electron chi connectivity index (χ3n) is 3.63. The maximum Gasteiger partial charge on any atom is 0.103 e. The Kier molecular flexibility index (Phi) is 5.60. The van der Waals surface area contributed by atoms with E-state index >= 15 is 0 Å².